The number of hydrogen-bond donors (Lipinski definition) is 1. The van der Waals surface area contributed by atoms with Crippen LogP contribution < -0.4 is 4.31 Å². The molecule has 45 heavy (non-hydrogen) atoms. The molecule has 0 radical (unpaired) electrons. The number of amides is 2. The molecule has 16 heteroatoms. The van der Waals surface area contributed by atoms with Gasteiger partial charge < -0.3 is 9.84 Å². The standard InChI is InChI=1S/C15H15ClN2O3.C14H14BrFN2O4S2/c1-15(2,3)18(14(20)21)8-11(7-17-18)13-6-12(16)5-4-10(13)9-19;1-14(2,3)22-13(19)18(12-17-6-7-23-12)24(20,21)9-4-5-10(15)11(16)8-9/h4-9H,1-3H3;4-8H,1-3H3/p+1. The predicted molar refractivity (Wildman–Crippen MR) is 173 cm³/mol. The second-order valence-corrected chi connectivity index (χ2v) is 15.4. The van der Waals surface area contributed by atoms with Gasteiger partial charge in [-0.3, -0.25) is 4.79 Å². The third kappa shape index (κ3) is 8.02. The van der Waals surface area contributed by atoms with Crippen LogP contribution in [0.1, 0.15) is 57.5 Å². The number of halogens is 3. The van der Waals surface area contributed by atoms with Crippen LogP contribution in [-0.2, 0) is 14.8 Å². The van der Waals surface area contributed by atoms with Gasteiger partial charge in [0.15, 0.2) is 6.29 Å². The zero-order valence-corrected chi connectivity index (χ0v) is 29.0. The van der Waals surface area contributed by atoms with Crippen LogP contribution in [0.15, 0.2) is 68.6 Å². The summed E-state index contributed by atoms with van der Waals surface area (Å²) in [7, 11) is -4.39. The molecule has 0 spiro atoms. The smallest absolute Gasteiger partial charge is 0.443 e. The number of sulfonamides is 1. The molecule has 1 aromatic heterocycles. The number of hydrogen-bond acceptors (Lipinski definition) is 9. The molecule has 0 bridgehead atoms. The first-order valence-electron chi connectivity index (χ1n) is 13.0. The van der Waals surface area contributed by atoms with E-state index in [9.17, 15) is 32.3 Å². The average Bonchev–Trinajstić information content (AvgIpc) is 3.61. The number of thiazole rings is 1. The Labute approximate surface area is 277 Å². The number of ether oxygens (including phenoxy) is 1. The lowest BCUT2D eigenvalue weighted by Crippen LogP contribution is -2.54. The fourth-order valence-electron chi connectivity index (χ4n) is 3.84. The molecule has 1 aliphatic heterocycles. The summed E-state index contributed by atoms with van der Waals surface area (Å²) in [5.74, 6) is -0.764. The third-order valence-corrected chi connectivity index (χ3v) is 9.46. The Hall–Kier alpha value is -3.50. The molecule has 240 valence electrons. The number of aromatic nitrogens is 1. The van der Waals surface area contributed by atoms with Crippen LogP contribution in [0.4, 0.5) is 19.1 Å². The van der Waals surface area contributed by atoms with Crippen molar-refractivity contribution in [3.8, 4) is 0 Å². The van der Waals surface area contributed by atoms with Gasteiger partial charge in [0.25, 0.3) is 10.0 Å². The fourth-order valence-corrected chi connectivity index (χ4v) is 6.41. The largest absolute Gasteiger partial charge is 0.546 e. The van der Waals surface area contributed by atoms with E-state index in [2.05, 4.69) is 26.0 Å². The SMILES string of the molecule is CC(C)(C)OC(=O)N(c1nccs1)S(=O)(=O)c1ccc(Br)c(F)c1.CC(C)(C)[N+]1(C(=O)O)C=C(c2cc(Cl)ccc2C=O)C=N1. The predicted octanol–water partition coefficient (Wildman–Crippen LogP) is 7.96. The van der Waals surface area contributed by atoms with Gasteiger partial charge in [-0.05, 0) is 93.9 Å². The van der Waals surface area contributed by atoms with Gasteiger partial charge in [0, 0.05) is 27.7 Å². The van der Waals surface area contributed by atoms with E-state index < -0.39 is 43.8 Å². The maximum absolute atomic E-state index is 13.7. The van der Waals surface area contributed by atoms with E-state index in [4.69, 9.17) is 16.3 Å². The summed E-state index contributed by atoms with van der Waals surface area (Å²) in [6.45, 7) is 10.2. The zero-order valence-electron chi connectivity index (χ0n) is 25.0. The molecule has 0 saturated carbocycles. The van der Waals surface area contributed by atoms with Crippen molar-refractivity contribution in [2.75, 3.05) is 4.31 Å². The molecular formula is C29H30BrClFN4O7S2+. The lowest BCUT2D eigenvalue weighted by molar-refractivity contribution is -0.859. The first-order valence-corrected chi connectivity index (χ1v) is 16.5. The minimum absolute atomic E-state index is 0.0902. The minimum Gasteiger partial charge on any atom is -0.443 e. The molecule has 2 amide bonds. The summed E-state index contributed by atoms with van der Waals surface area (Å²) in [6.07, 6.45) is 2.88. The first-order chi connectivity index (χ1) is 20.7. The molecular weight excluding hydrogens is 715 g/mol. The normalized spacial score (nSPS) is 16.3. The number of quaternary nitrogens is 1. The van der Waals surface area contributed by atoms with Crippen molar-refractivity contribution in [2.45, 2.75) is 57.6 Å². The summed E-state index contributed by atoms with van der Waals surface area (Å²) in [5.41, 5.74) is 0.0111. The van der Waals surface area contributed by atoms with E-state index >= 15 is 0 Å². The summed E-state index contributed by atoms with van der Waals surface area (Å²) < 4.78 is 44.5. The number of benzene rings is 2. The van der Waals surface area contributed by atoms with Crippen molar-refractivity contribution in [1.29, 1.82) is 0 Å². The highest BCUT2D eigenvalue weighted by molar-refractivity contribution is 9.10. The van der Waals surface area contributed by atoms with Crippen molar-refractivity contribution >= 4 is 84.3 Å². The molecule has 1 aliphatic rings. The second kappa shape index (κ2) is 13.5. The van der Waals surface area contributed by atoms with Crippen LogP contribution >= 0.6 is 38.9 Å². The zero-order chi connectivity index (χ0) is 34.0. The number of aldehydes is 1. The van der Waals surface area contributed by atoms with Gasteiger partial charge in [-0.15, -0.1) is 15.6 Å². The maximum atomic E-state index is 13.7. The van der Waals surface area contributed by atoms with Gasteiger partial charge in [-0.25, -0.2) is 22.6 Å². The molecule has 2 aromatic carbocycles. The van der Waals surface area contributed by atoms with E-state index in [1.165, 1.54) is 36.1 Å². The van der Waals surface area contributed by atoms with E-state index in [0.29, 0.717) is 32.3 Å². The van der Waals surface area contributed by atoms with Crippen LogP contribution in [0.25, 0.3) is 5.57 Å². The van der Waals surface area contributed by atoms with Gasteiger partial charge in [0.1, 0.15) is 23.2 Å². The van der Waals surface area contributed by atoms with E-state index in [0.717, 1.165) is 17.4 Å². The highest BCUT2D eigenvalue weighted by Crippen LogP contribution is 2.35. The first kappa shape index (κ1) is 36.0. The van der Waals surface area contributed by atoms with Crippen LogP contribution in [0.3, 0.4) is 0 Å². The Kier molecular flexibility index (Phi) is 10.8. The number of allylic oxidation sites excluding steroid dienone is 1. The van der Waals surface area contributed by atoms with E-state index in [-0.39, 0.29) is 14.5 Å². The Morgan fingerprint density at radius 3 is 2.29 bits per heavy atom. The van der Waals surface area contributed by atoms with E-state index in [1.54, 1.807) is 59.7 Å². The molecule has 1 N–H and O–H groups in total. The molecule has 0 saturated heterocycles. The molecule has 1 atom stereocenters. The van der Waals surface area contributed by atoms with Crippen molar-refractivity contribution < 1.29 is 41.6 Å². The number of carboxylic acid groups (broad SMARTS) is 1. The molecule has 1 unspecified atom stereocenters. The Balaban J connectivity index is 0.000000248. The Bertz CT molecular complexity index is 1790. The number of carbonyl (C=O) groups is 3. The Morgan fingerprint density at radius 1 is 1.13 bits per heavy atom. The number of anilines is 1. The summed E-state index contributed by atoms with van der Waals surface area (Å²) in [5, 5.41) is 15.6. The van der Waals surface area contributed by atoms with Crippen LogP contribution in [0.2, 0.25) is 5.02 Å². The highest BCUT2D eigenvalue weighted by Gasteiger charge is 2.50. The minimum atomic E-state index is -4.39. The van der Waals surface area contributed by atoms with Crippen LogP contribution in [-0.4, -0.2) is 58.9 Å². The van der Waals surface area contributed by atoms with Gasteiger partial charge in [0.2, 0.25) is 5.13 Å². The van der Waals surface area contributed by atoms with Gasteiger partial charge in [-0.1, -0.05) is 21.3 Å². The second-order valence-electron chi connectivity index (χ2n) is 11.5. The fraction of sp³-hybridized carbons (Fsp3) is 0.276. The highest BCUT2D eigenvalue weighted by atomic mass is 79.9. The van der Waals surface area contributed by atoms with Gasteiger partial charge >= 0.3 is 12.2 Å². The lowest BCUT2D eigenvalue weighted by Gasteiger charge is -2.32. The number of rotatable bonds is 5. The maximum Gasteiger partial charge on any atom is 0.546 e. The summed E-state index contributed by atoms with van der Waals surface area (Å²) in [4.78, 5) is 38.7. The van der Waals surface area contributed by atoms with Crippen molar-refractivity contribution in [3.63, 3.8) is 0 Å². The molecule has 0 aliphatic carbocycles. The monoisotopic (exact) mass is 743 g/mol. The molecule has 3 aromatic rings. The van der Waals surface area contributed by atoms with Gasteiger partial charge in [-0.2, -0.15) is 4.79 Å². The molecule has 4 rings (SSSR count). The van der Waals surface area contributed by atoms with Crippen molar-refractivity contribution in [1.82, 2.24) is 4.98 Å². The molecule has 2 heterocycles. The number of carbonyl (C=O) groups excluding carboxylic acids is 2. The summed E-state index contributed by atoms with van der Waals surface area (Å²) >= 11 is 9.87. The van der Waals surface area contributed by atoms with Crippen molar-refractivity contribution in [2.24, 2.45) is 5.10 Å². The van der Waals surface area contributed by atoms with Crippen LogP contribution in [0, 0.1) is 5.82 Å². The Morgan fingerprint density at radius 2 is 1.80 bits per heavy atom. The van der Waals surface area contributed by atoms with Crippen molar-refractivity contribution in [3.05, 3.63) is 80.6 Å². The van der Waals surface area contributed by atoms with Gasteiger partial charge in [0.05, 0.1) is 21.2 Å². The number of nitrogens with zero attached hydrogens (tertiary/aromatic N) is 4. The van der Waals surface area contributed by atoms with E-state index in [1.807, 2.05) is 0 Å². The average molecular weight is 745 g/mol. The lowest BCUT2D eigenvalue weighted by atomic mass is 10.0. The third-order valence-electron chi connectivity index (χ3n) is 6.05. The molecule has 11 nitrogen and oxygen atoms in total. The summed E-state index contributed by atoms with van der Waals surface area (Å²) in [6, 6.07) is 8.11. The molecule has 0 fully saturated rings. The quantitative estimate of drug-likeness (QED) is 0.205. The van der Waals surface area contributed by atoms with Crippen LogP contribution in [0.5, 0.6) is 0 Å². The topological polar surface area (TPSA) is 143 Å².